The average molecular weight is 386 g/mol. The number of nitrogens with two attached hydrogens (primary N) is 1. The van der Waals surface area contributed by atoms with E-state index in [9.17, 15) is 19.2 Å². The molecule has 148 valence electrons. The molecule has 0 aromatic heterocycles. The van der Waals surface area contributed by atoms with Crippen LogP contribution in [0.1, 0.15) is 40.0 Å². The summed E-state index contributed by atoms with van der Waals surface area (Å²) in [6, 6.07) is 4.05. The molecule has 3 aliphatic rings. The molecule has 0 saturated carbocycles. The maximum atomic E-state index is 12.9. The van der Waals surface area contributed by atoms with Crippen molar-refractivity contribution < 1.29 is 23.9 Å². The van der Waals surface area contributed by atoms with Crippen molar-refractivity contribution in [1.29, 1.82) is 0 Å². The number of benzene rings is 1. The van der Waals surface area contributed by atoms with Crippen LogP contribution < -0.4 is 15.8 Å². The molecule has 1 unspecified atom stereocenters. The molecule has 1 aromatic rings. The number of imide groups is 2. The van der Waals surface area contributed by atoms with Crippen LogP contribution in [0.4, 0.5) is 0 Å². The summed E-state index contributed by atoms with van der Waals surface area (Å²) in [7, 11) is 0. The minimum atomic E-state index is -0.982. The van der Waals surface area contributed by atoms with E-state index >= 15 is 0 Å². The molecule has 3 aliphatic heterocycles. The standard InChI is InChI=1S/C19H22N4O5/c20-11-6-7-22(10-11)8-9-28-14-3-1-2-12-16(14)19(27)23(18(12)26)13-4-5-15(24)21-17(13)25/h1-3,11,13H,4-10,20H2,(H,21,24,25)/t11-,13?/m1/s1. The fourth-order valence-electron chi connectivity index (χ4n) is 3.95. The first kappa shape index (κ1) is 18.6. The fourth-order valence-corrected chi connectivity index (χ4v) is 3.95. The topological polar surface area (TPSA) is 122 Å². The van der Waals surface area contributed by atoms with Crippen LogP contribution >= 0.6 is 0 Å². The van der Waals surface area contributed by atoms with E-state index in [4.69, 9.17) is 10.5 Å². The van der Waals surface area contributed by atoms with Crippen LogP contribution in [0, 0.1) is 0 Å². The Morgan fingerprint density at radius 1 is 1.14 bits per heavy atom. The summed E-state index contributed by atoms with van der Waals surface area (Å²) in [5.74, 6) is -1.80. The van der Waals surface area contributed by atoms with E-state index in [0.29, 0.717) is 18.9 Å². The van der Waals surface area contributed by atoms with Gasteiger partial charge in [0.1, 0.15) is 18.4 Å². The predicted octanol–water partition coefficient (Wildman–Crippen LogP) is -0.500. The second-order valence-electron chi connectivity index (χ2n) is 7.32. The smallest absolute Gasteiger partial charge is 0.266 e. The number of hydrogen-bond donors (Lipinski definition) is 2. The molecule has 0 bridgehead atoms. The highest BCUT2D eigenvalue weighted by molar-refractivity contribution is 6.24. The highest BCUT2D eigenvalue weighted by Crippen LogP contribution is 2.33. The largest absolute Gasteiger partial charge is 0.491 e. The van der Waals surface area contributed by atoms with Gasteiger partial charge >= 0.3 is 0 Å². The van der Waals surface area contributed by atoms with E-state index in [1.807, 2.05) is 0 Å². The van der Waals surface area contributed by atoms with Crippen molar-refractivity contribution in [3.63, 3.8) is 0 Å². The lowest BCUT2D eigenvalue weighted by Gasteiger charge is -2.27. The van der Waals surface area contributed by atoms with Gasteiger partial charge in [0.2, 0.25) is 11.8 Å². The van der Waals surface area contributed by atoms with E-state index in [-0.39, 0.29) is 30.0 Å². The van der Waals surface area contributed by atoms with Crippen LogP contribution in [0.25, 0.3) is 0 Å². The Morgan fingerprint density at radius 3 is 2.68 bits per heavy atom. The molecule has 9 heteroatoms. The van der Waals surface area contributed by atoms with Crippen LogP contribution in [0.5, 0.6) is 5.75 Å². The lowest BCUT2D eigenvalue weighted by molar-refractivity contribution is -0.136. The Bertz CT molecular complexity index is 855. The third-order valence-corrected chi connectivity index (χ3v) is 5.40. The molecule has 0 spiro atoms. The third kappa shape index (κ3) is 3.27. The van der Waals surface area contributed by atoms with Crippen LogP contribution in [0.2, 0.25) is 0 Å². The maximum Gasteiger partial charge on any atom is 0.266 e. The van der Waals surface area contributed by atoms with E-state index in [2.05, 4.69) is 10.2 Å². The highest BCUT2D eigenvalue weighted by Gasteiger charge is 2.46. The van der Waals surface area contributed by atoms with Gasteiger partial charge in [-0.15, -0.1) is 0 Å². The Labute approximate surface area is 161 Å². The van der Waals surface area contributed by atoms with Gasteiger partial charge < -0.3 is 10.5 Å². The molecule has 2 atom stereocenters. The molecule has 4 rings (SSSR count). The van der Waals surface area contributed by atoms with Gasteiger partial charge in [0.15, 0.2) is 0 Å². The Hall–Kier alpha value is -2.78. The Morgan fingerprint density at radius 2 is 1.96 bits per heavy atom. The van der Waals surface area contributed by atoms with Crippen molar-refractivity contribution in [3.8, 4) is 5.75 Å². The molecule has 4 amide bonds. The van der Waals surface area contributed by atoms with Gasteiger partial charge in [-0.05, 0) is 31.5 Å². The molecule has 3 N–H and O–H groups in total. The first-order valence-electron chi connectivity index (χ1n) is 9.41. The quantitative estimate of drug-likeness (QED) is 0.654. The lowest BCUT2D eigenvalue weighted by atomic mass is 10.0. The van der Waals surface area contributed by atoms with E-state index in [1.165, 1.54) is 0 Å². The zero-order valence-electron chi connectivity index (χ0n) is 15.3. The van der Waals surface area contributed by atoms with Crippen molar-refractivity contribution in [1.82, 2.24) is 15.1 Å². The van der Waals surface area contributed by atoms with Gasteiger partial charge in [0.25, 0.3) is 11.8 Å². The number of fused-ring (bicyclic) bond motifs is 1. The van der Waals surface area contributed by atoms with E-state index < -0.39 is 29.7 Å². The second kappa shape index (κ2) is 7.33. The van der Waals surface area contributed by atoms with Crippen LogP contribution in [-0.2, 0) is 9.59 Å². The van der Waals surface area contributed by atoms with Crippen molar-refractivity contribution in [3.05, 3.63) is 29.3 Å². The third-order valence-electron chi connectivity index (χ3n) is 5.40. The number of amides is 4. The number of nitrogens with one attached hydrogen (secondary N) is 1. The molecular formula is C19H22N4O5. The average Bonchev–Trinajstić information content (AvgIpc) is 3.18. The highest BCUT2D eigenvalue weighted by atomic mass is 16.5. The zero-order valence-corrected chi connectivity index (χ0v) is 15.3. The minimum Gasteiger partial charge on any atom is -0.491 e. The summed E-state index contributed by atoms with van der Waals surface area (Å²) < 4.78 is 5.81. The summed E-state index contributed by atoms with van der Waals surface area (Å²) in [6.45, 7) is 2.77. The molecule has 1 aromatic carbocycles. The van der Waals surface area contributed by atoms with Crippen molar-refractivity contribution in [2.45, 2.75) is 31.3 Å². The van der Waals surface area contributed by atoms with Crippen LogP contribution in [0.3, 0.4) is 0 Å². The van der Waals surface area contributed by atoms with Gasteiger partial charge in [-0.1, -0.05) is 6.07 Å². The monoisotopic (exact) mass is 386 g/mol. The van der Waals surface area contributed by atoms with Crippen molar-refractivity contribution >= 4 is 23.6 Å². The first-order chi connectivity index (χ1) is 13.5. The maximum absolute atomic E-state index is 12.9. The number of nitrogens with zero attached hydrogens (tertiary/aromatic N) is 2. The zero-order chi connectivity index (χ0) is 19.8. The number of carbonyl (C=O) groups excluding carboxylic acids is 4. The van der Waals surface area contributed by atoms with Gasteiger partial charge in [0, 0.05) is 25.6 Å². The first-order valence-corrected chi connectivity index (χ1v) is 9.41. The minimum absolute atomic E-state index is 0.0884. The summed E-state index contributed by atoms with van der Waals surface area (Å²) in [6.07, 6.45) is 1.17. The number of piperidine rings is 1. The van der Waals surface area contributed by atoms with Crippen LogP contribution in [-0.4, -0.2) is 71.8 Å². The normalized spacial score (nSPS) is 25.2. The molecule has 2 fully saturated rings. The van der Waals surface area contributed by atoms with Crippen LogP contribution in [0.15, 0.2) is 18.2 Å². The van der Waals surface area contributed by atoms with Crippen molar-refractivity contribution in [2.24, 2.45) is 5.73 Å². The number of ether oxygens (including phenoxy) is 1. The van der Waals surface area contributed by atoms with Gasteiger partial charge in [-0.2, -0.15) is 0 Å². The van der Waals surface area contributed by atoms with Gasteiger partial charge in [0.05, 0.1) is 11.1 Å². The number of likely N-dealkylation sites (tertiary alicyclic amines) is 1. The second-order valence-corrected chi connectivity index (χ2v) is 7.32. The summed E-state index contributed by atoms with van der Waals surface area (Å²) in [4.78, 5) is 52.4. The fraction of sp³-hybridized carbons (Fsp3) is 0.474. The summed E-state index contributed by atoms with van der Waals surface area (Å²) in [5, 5.41) is 2.19. The van der Waals surface area contributed by atoms with E-state index in [0.717, 1.165) is 24.4 Å². The molecule has 9 nitrogen and oxygen atoms in total. The number of hydrogen-bond acceptors (Lipinski definition) is 7. The van der Waals surface area contributed by atoms with E-state index in [1.54, 1.807) is 18.2 Å². The summed E-state index contributed by atoms with van der Waals surface area (Å²) in [5.41, 5.74) is 6.29. The van der Waals surface area contributed by atoms with Gasteiger partial charge in [-0.3, -0.25) is 34.3 Å². The molecular weight excluding hydrogens is 364 g/mol. The molecule has 28 heavy (non-hydrogen) atoms. The predicted molar refractivity (Wildman–Crippen MR) is 97.6 cm³/mol. The Balaban J connectivity index is 1.49. The molecule has 2 saturated heterocycles. The molecule has 3 heterocycles. The molecule has 0 aliphatic carbocycles. The number of carbonyl (C=O) groups is 4. The van der Waals surface area contributed by atoms with Gasteiger partial charge in [-0.25, -0.2) is 0 Å². The van der Waals surface area contributed by atoms with Crippen molar-refractivity contribution in [2.75, 3.05) is 26.2 Å². The lowest BCUT2D eigenvalue weighted by Crippen LogP contribution is -2.54. The molecule has 0 radical (unpaired) electrons. The summed E-state index contributed by atoms with van der Waals surface area (Å²) >= 11 is 0. The Kier molecular flexibility index (Phi) is 4.86. The SMILES string of the molecule is N[C@@H]1CCN(CCOc2cccc3c2C(=O)N(C2CCC(=O)NC2=O)C3=O)C1. The number of rotatable bonds is 5.